The van der Waals surface area contributed by atoms with Crippen molar-refractivity contribution in [1.29, 1.82) is 0 Å². The third-order valence-electron chi connectivity index (χ3n) is 3.90. The summed E-state index contributed by atoms with van der Waals surface area (Å²) in [7, 11) is 0. The molecule has 0 fully saturated rings. The molecule has 1 aromatic carbocycles. The number of thioether (sulfide) groups is 1. The van der Waals surface area contributed by atoms with Crippen molar-refractivity contribution in [3.8, 4) is 0 Å². The zero-order valence-corrected chi connectivity index (χ0v) is 16.4. The second-order valence-electron chi connectivity index (χ2n) is 6.58. The SMILES string of the molecule is C/C=C(C)\C=C/C(C)C.CC1(c2cccc(N)c2)CCSC(N)=N1. The molecule has 24 heavy (non-hydrogen) atoms. The molecule has 1 atom stereocenters. The second kappa shape index (κ2) is 9.58. The average molecular weight is 346 g/mol. The number of amidine groups is 1. The fourth-order valence-corrected chi connectivity index (χ4v) is 3.18. The summed E-state index contributed by atoms with van der Waals surface area (Å²) in [6.07, 6.45) is 7.47. The smallest absolute Gasteiger partial charge is 0.154 e. The first-order valence-corrected chi connectivity index (χ1v) is 9.40. The Morgan fingerprint density at radius 3 is 2.58 bits per heavy atom. The number of rotatable bonds is 3. The molecule has 0 saturated heterocycles. The summed E-state index contributed by atoms with van der Waals surface area (Å²) in [6.45, 7) is 10.6. The van der Waals surface area contributed by atoms with Crippen LogP contribution in [-0.2, 0) is 5.54 Å². The van der Waals surface area contributed by atoms with Crippen molar-refractivity contribution in [1.82, 2.24) is 0 Å². The van der Waals surface area contributed by atoms with Crippen LogP contribution in [0.25, 0.3) is 0 Å². The normalized spacial score (nSPS) is 21.4. The molecule has 1 heterocycles. The highest BCUT2D eigenvalue weighted by Crippen LogP contribution is 2.35. The van der Waals surface area contributed by atoms with Crippen molar-refractivity contribution in [3.05, 3.63) is 53.6 Å². The van der Waals surface area contributed by atoms with Crippen molar-refractivity contribution in [2.75, 3.05) is 11.5 Å². The molecular formula is C20H31N3S. The van der Waals surface area contributed by atoms with Crippen molar-refractivity contribution in [2.45, 2.75) is 46.6 Å². The van der Waals surface area contributed by atoms with Gasteiger partial charge in [-0.2, -0.15) is 0 Å². The van der Waals surface area contributed by atoms with Gasteiger partial charge in [-0.25, -0.2) is 0 Å². The molecule has 1 aromatic rings. The molecule has 0 aromatic heterocycles. The van der Waals surface area contributed by atoms with Crippen LogP contribution in [-0.4, -0.2) is 10.9 Å². The first kappa shape index (κ1) is 20.4. The first-order valence-electron chi connectivity index (χ1n) is 8.42. The zero-order chi connectivity index (χ0) is 18.2. The number of anilines is 1. The molecule has 2 rings (SSSR count). The molecule has 0 aliphatic carbocycles. The third-order valence-corrected chi connectivity index (χ3v) is 4.70. The van der Waals surface area contributed by atoms with Gasteiger partial charge < -0.3 is 11.5 Å². The number of nitrogen functional groups attached to an aromatic ring is 1. The molecule has 1 unspecified atom stereocenters. The monoisotopic (exact) mass is 345 g/mol. The molecule has 0 bridgehead atoms. The summed E-state index contributed by atoms with van der Waals surface area (Å²) in [5, 5.41) is 0.672. The standard InChI is InChI=1S/C11H15N3S.C9H16/c1-11(5-6-15-10(13)14-11)8-3-2-4-9(12)7-8;1-5-9(4)7-6-8(2)3/h2-4,7H,5-6,12H2,1H3,(H2,13,14);5-8H,1-4H3/b;7-6-,9-5-. The van der Waals surface area contributed by atoms with E-state index in [-0.39, 0.29) is 5.54 Å². The van der Waals surface area contributed by atoms with Crippen molar-refractivity contribution < 1.29 is 0 Å². The molecule has 0 amide bonds. The molecule has 3 nitrogen and oxygen atoms in total. The van der Waals surface area contributed by atoms with E-state index in [9.17, 15) is 0 Å². The van der Waals surface area contributed by atoms with Gasteiger partial charge in [0.2, 0.25) is 0 Å². The van der Waals surface area contributed by atoms with Crippen LogP contribution < -0.4 is 11.5 Å². The Bertz CT molecular complexity index is 617. The summed E-state index contributed by atoms with van der Waals surface area (Å²) in [5.74, 6) is 1.68. The van der Waals surface area contributed by atoms with Gasteiger partial charge >= 0.3 is 0 Å². The Kier molecular flexibility index (Phi) is 8.13. The minimum atomic E-state index is -0.204. The van der Waals surface area contributed by atoms with E-state index in [0.717, 1.165) is 23.4 Å². The summed E-state index contributed by atoms with van der Waals surface area (Å²) >= 11 is 1.62. The number of nitrogens with zero attached hydrogens (tertiary/aromatic N) is 1. The molecule has 132 valence electrons. The van der Waals surface area contributed by atoms with Crippen LogP contribution in [0.3, 0.4) is 0 Å². The molecule has 4 N–H and O–H groups in total. The predicted molar refractivity (Wildman–Crippen MR) is 110 cm³/mol. The molecule has 0 radical (unpaired) electrons. The summed E-state index contributed by atoms with van der Waals surface area (Å²) in [4.78, 5) is 4.53. The number of allylic oxidation sites excluding steroid dienone is 4. The van der Waals surface area contributed by atoms with Gasteiger partial charge in [-0.15, -0.1) is 0 Å². The maximum absolute atomic E-state index is 5.77. The summed E-state index contributed by atoms with van der Waals surface area (Å²) < 4.78 is 0. The van der Waals surface area contributed by atoms with Gasteiger partial charge in [-0.05, 0) is 50.8 Å². The van der Waals surface area contributed by atoms with Crippen LogP contribution in [0.15, 0.2) is 53.1 Å². The van der Waals surface area contributed by atoms with E-state index in [1.165, 1.54) is 5.57 Å². The van der Waals surface area contributed by atoms with E-state index in [0.29, 0.717) is 11.1 Å². The van der Waals surface area contributed by atoms with E-state index in [4.69, 9.17) is 11.5 Å². The van der Waals surface area contributed by atoms with E-state index in [2.05, 4.69) is 63.9 Å². The highest BCUT2D eigenvalue weighted by molar-refractivity contribution is 8.13. The topological polar surface area (TPSA) is 64.4 Å². The van der Waals surface area contributed by atoms with Gasteiger partial charge in [-0.3, -0.25) is 4.99 Å². The average Bonchev–Trinajstić information content (AvgIpc) is 2.53. The quantitative estimate of drug-likeness (QED) is 0.591. The number of benzene rings is 1. The number of hydrogen-bond donors (Lipinski definition) is 2. The Balaban J connectivity index is 0.000000277. The largest absolute Gasteiger partial charge is 0.399 e. The van der Waals surface area contributed by atoms with E-state index < -0.39 is 0 Å². The highest BCUT2D eigenvalue weighted by Gasteiger charge is 2.29. The van der Waals surface area contributed by atoms with Crippen molar-refractivity contribution in [3.63, 3.8) is 0 Å². The Labute approximate surface area is 151 Å². The molecule has 1 aliphatic heterocycles. The van der Waals surface area contributed by atoms with Crippen LogP contribution in [0.1, 0.15) is 46.6 Å². The van der Waals surface area contributed by atoms with Gasteiger partial charge in [0.1, 0.15) is 0 Å². The lowest BCUT2D eigenvalue weighted by atomic mass is 9.89. The van der Waals surface area contributed by atoms with Crippen LogP contribution in [0.5, 0.6) is 0 Å². The number of hydrogen-bond acceptors (Lipinski definition) is 4. The Morgan fingerprint density at radius 2 is 2.04 bits per heavy atom. The fraction of sp³-hybridized carbons (Fsp3) is 0.450. The zero-order valence-electron chi connectivity index (χ0n) is 15.5. The number of nitrogens with two attached hydrogens (primary N) is 2. The lowest BCUT2D eigenvalue weighted by molar-refractivity contribution is 0.482. The van der Waals surface area contributed by atoms with Crippen molar-refractivity contribution in [2.24, 2.45) is 16.6 Å². The van der Waals surface area contributed by atoms with Crippen LogP contribution in [0, 0.1) is 5.92 Å². The molecular weight excluding hydrogens is 314 g/mol. The maximum Gasteiger partial charge on any atom is 0.154 e. The van der Waals surface area contributed by atoms with Gasteiger partial charge in [0.15, 0.2) is 5.17 Å². The number of aliphatic imine (C=N–C) groups is 1. The van der Waals surface area contributed by atoms with Crippen LogP contribution >= 0.6 is 11.8 Å². The minimum absolute atomic E-state index is 0.204. The van der Waals surface area contributed by atoms with Crippen LogP contribution in [0.4, 0.5) is 5.69 Å². The molecule has 0 spiro atoms. The first-order chi connectivity index (χ1) is 11.3. The van der Waals surface area contributed by atoms with E-state index in [1.54, 1.807) is 11.8 Å². The summed E-state index contributed by atoms with van der Waals surface area (Å²) in [6, 6.07) is 7.89. The molecule has 4 heteroatoms. The Morgan fingerprint density at radius 1 is 1.33 bits per heavy atom. The lowest BCUT2D eigenvalue weighted by Crippen LogP contribution is -2.28. The predicted octanol–water partition coefficient (Wildman–Crippen LogP) is 5.10. The van der Waals surface area contributed by atoms with Crippen molar-refractivity contribution >= 4 is 22.6 Å². The second-order valence-corrected chi connectivity index (χ2v) is 7.70. The van der Waals surface area contributed by atoms with E-state index in [1.807, 2.05) is 18.2 Å². The molecule has 1 aliphatic rings. The van der Waals surface area contributed by atoms with Gasteiger partial charge in [-0.1, -0.05) is 61.5 Å². The van der Waals surface area contributed by atoms with Gasteiger partial charge in [0.05, 0.1) is 5.54 Å². The fourth-order valence-electron chi connectivity index (χ4n) is 2.21. The molecule has 0 saturated carbocycles. The van der Waals surface area contributed by atoms with Gasteiger partial charge in [0.25, 0.3) is 0 Å². The van der Waals surface area contributed by atoms with Crippen LogP contribution in [0.2, 0.25) is 0 Å². The van der Waals surface area contributed by atoms with Gasteiger partial charge in [0, 0.05) is 11.4 Å². The highest BCUT2D eigenvalue weighted by atomic mass is 32.2. The lowest BCUT2D eigenvalue weighted by Gasteiger charge is -2.29. The third kappa shape index (κ3) is 6.83. The Hall–Kier alpha value is -1.68. The summed E-state index contributed by atoms with van der Waals surface area (Å²) in [5.41, 5.74) is 14.6. The van der Waals surface area contributed by atoms with E-state index >= 15 is 0 Å². The minimum Gasteiger partial charge on any atom is -0.399 e. The maximum atomic E-state index is 5.77.